The number of rotatable bonds is 0. The number of hydrogen-bond acceptors (Lipinski definition) is 1. The van der Waals surface area contributed by atoms with E-state index in [4.69, 9.17) is 0 Å². The minimum Gasteiger partial charge on any atom is -0.299 e. The van der Waals surface area contributed by atoms with E-state index in [9.17, 15) is 4.79 Å². The Morgan fingerprint density at radius 2 is 2.07 bits per heavy atom. The van der Waals surface area contributed by atoms with Crippen LogP contribution < -0.4 is 0 Å². The van der Waals surface area contributed by atoms with Crippen molar-refractivity contribution in [1.82, 2.24) is 0 Å². The second kappa shape index (κ2) is 3.22. The van der Waals surface area contributed by atoms with Crippen molar-refractivity contribution in [3.05, 3.63) is 12.2 Å². The zero-order chi connectivity index (χ0) is 9.54. The summed E-state index contributed by atoms with van der Waals surface area (Å²) in [5.74, 6) is 3.18. The van der Waals surface area contributed by atoms with E-state index in [1.54, 1.807) is 0 Å². The Labute approximate surface area is 85.6 Å². The normalized spacial score (nSPS) is 46.1. The van der Waals surface area contributed by atoms with Gasteiger partial charge in [-0.1, -0.05) is 25.0 Å². The lowest BCUT2D eigenvalue weighted by atomic mass is 9.62. The van der Waals surface area contributed by atoms with Crippen molar-refractivity contribution in [1.29, 1.82) is 0 Å². The van der Waals surface area contributed by atoms with Crippen molar-refractivity contribution in [2.45, 2.75) is 38.5 Å². The number of carbonyl (C=O) groups is 1. The van der Waals surface area contributed by atoms with Gasteiger partial charge in [0.2, 0.25) is 0 Å². The molecule has 0 amide bonds. The van der Waals surface area contributed by atoms with Gasteiger partial charge >= 0.3 is 0 Å². The maximum absolute atomic E-state index is 11.9. The molecule has 0 aromatic heterocycles. The summed E-state index contributed by atoms with van der Waals surface area (Å²) >= 11 is 0. The van der Waals surface area contributed by atoms with Crippen LogP contribution in [0.3, 0.4) is 0 Å². The van der Waals surface area contributed by atoms with Crippen LogP contribution in [0, 0.1) is 23.7 Å². The van der Waals surface area contributed by atoms with Gasteiger partial charge in [0.15, 0.2) is 0 Å². The van der Waals surface area contributed by atoms with Gasteiger partial charge in [-0.15, -0.1) is 0 Å². The zero-order valence-electron chi connectivity index (χ0n) is 8.61. The largest absolute Gasteiger partial charge is 0.299 e. The van der Waals surface area contributed by atoms with Crippen LogP contribution in [0.4, 0.5) is 0 Å². The molecular formula is C13H18O. The van der Waals surface area contributed by atoms with Gasteiger partial charge in [0.25, 0.3) is 0 Å². The SMILES string of the molecule is O=C1C[C@@H]2CC=C[C@@H]2[C@H]2CCCC[C@@H]12. The van der Waals surface area contributed by atoms with Crippen LogP contribution in [0.2, 0.25) is 0 Å². The molecule has 0 spiro atoms. The van der Waals surface area contributed by atoms with Crippen LogP contribution in [-0.4, -0.2) is 5.78 Å². The molecule has 0 aliphatic heterocycles. The fourth-order valence-corrected chi connectivity index (χ4v) is 3.87. The Morgan fingerprint density at radius 1 is 1.21 bits per heavy atom. The first-order chi connectivity index (χ1) is 6.86. The molecule has 4 atom stereocenters. The fourth-order valence-electron chi connectivity index (χ4n) is 3.87. The molecule has 0 heterocycles. The van der Waals surface area contributed by atoms with Crippen molar-refractivity contribution in [2.75, 3.05) is 0 Å². The van der Waals surface area contributed by atoms with Gasteiger partial charge in [0.05, 0.1) is 0 Å². The first kappa shape index (κ1) is 8.70. The molecule has 3 aliphatic carbocycles. The molecule has 14 heavy (non-hydrogen) atoms. The number of allylic oxidation sites excluding steroid dienone is 2. The Bertz CT molecular complexity index is 277. The fraction of sp³-hybridized carbons (Fsp3) is 0.769. The van der Waals surface area contributed by atoms with E-state index in [0.29, 0.717) is 23.5 Å². The Balaban J connectivity index is 1.87. The topological polar surface area (TPSA) is 17.1 Å². The van der Waals surface area contributed by atoms with Gasteiger partial charge in [-0.2, -0.15) is 0 Å². The predicted octanol–water partition coefficient (Wildman–Crippen LogP) is 2.96. The summed E-state index contributed by atoms with van der Waals surface area (Å²) in [5, 5.41) is 0. The van der Waals surface area contributed by atoms with Crippen LogP contribution in [0.25, 0.3) is 0 Å². The van der Waals surface area contributed by atoms with Gasteiger partial charge in [-0.25, -0.2) is 0 Å². The highest BCUT2D eigenvalue weighted by Gasteiger charge is 2.44. The summed E-state index contributed by atoms with van der Waals surface area (Å²) in [6.07, 6.45) is 11.9. The molecule has 0 N–H and O–H groups in total. The quantitative estimate of drug-likeness (QED) is 0.537. The predicted molar refractivity (Wildman–Crippen MR) is 55.8 cm³/mol. The third kappa shape index (κ3) is 1.18. The van der Waals surface area contributed by atoms with Gasteiger partial charge < -0.3 is 0 Å². The van der Waals surface area contributed by atoms with Gasteiger partial charge in [-0.05, 0) is 37.0 Å². The first-order valence-corrected chi connectivity index (χ1v) is 6.05. The van der Waals surface area contributed by atoms with Crippen LogP contribution in [0.1, 0.15) is 38.5 Å². The summed E-state index contributed by atoms with van der Waals surface area (Å²) in [5.41, 5.74) is 0. The van der Waals surface area contributed by atoms with E-state index in [-0.39, 0.29) is 0 Å². The second-order valence-corrected chi connectivity index (χ2v) is 5.23. The Hall–Kier alpha value is -0.590. The van der Waals surface area contributed by atoms with Crippen LogP contribution in [0.5, 0.6) is 0 Å². The lowest BCUT2D eigenvalue weighted by Gasteiger charge is -2.41. The van der Waals surface area contributed by atoms with E-state index in [1.807, 2.05) is 0 Å². The average molecular weight is 190 g/mol. The second-order valence-electron chi connectivity index (χ2n) is 5.23. The molecule has 1 heteroatoms. The third-order valence-corrected chi connectivity index (χ3v) is 4.53. The molecule has 76 valence electrons. The van der Waals surface area contributed by atoms with E-state index >= 15 is 0 Å². The van der Waals surface area contributed by atoms with E-state index in [0.717, 1.165) is 12.3 Å². The summed E-state index contributed by atoms with van der Waals surface area (Å²) in [6.45, 7) is 0. The number of ketones is 1. The smallest absolute Gasteiger partial charge is 0.136 e. The minimum atomic E-state index is 0.438. The molecular weight excluding hydrogens is 172 g/mol. The monoisotopic (exact) mass is 190 g/mol. The molecule has 0 radical (unpaired) electrons. The van der Waals surface area contributed by atoms with Crippen molar-refractivity contribution in [2.24, 2.45) is 23.7 Å². The summed E-state index contributed by atoms with van der Waals surface area (Å²) in [4.78, 5) is 11.9. The first-order valence-electron chi connectivity index (χ1n) is 6.05. The highest BCUT2D eigenvalue weighted by atomic mass is 16.1. The molecule has 0 saturated heterocycles. The molecule has 2 saturated carbocycles. The summed E-state index contributed by atoms with van der Waals surface area (Å²) in [7, 11) is 0. The van der Waals surface area contributed by atoms with Gasteiger partial charge in [0.1, 0.15) is 5.78 Å². The Morgan fingerprint density at radius 3 is 3.00 bits per heavy atom. The Kier molecular flexibility index (Phi) is 2.00. The molecule has 3 rings (SSSR count). The van der Waals surface area contributed by atoms with Crippen LogP contribution in [0.15, 0.2) is 12.2 Å². The standard InChI is InChI=1S/C13H18O/c14-13-8-9-4-3-7-10(9)11-5-1-2-6-12(11)13/h3,7,9-12H,1-2,4-6,8H2/t9-,10-,11+,12+/m0/s1. The van der Waals surface area contributed by atoms with Gasteiger partial charge in [0, 0.05) is 12.3 Å². The molecule has 0 bridgehead atoms. The number of carbonyl (C=O) groups excluding carboxylic acids is 1. The lowest BCUT2D eigenvalue weighted by molar-refractivity contribution is -0.131. The molecule has 0 aromatic carbocycles. The molecule has 3 aliphatic rings. The van der Waals surface area contributed by atoms with Crippen LogP contribution in [-0.2, 0) is 4.79 Å². The lowest BCUT2D eigenvalue weighted by Crippen LogP contribution is -2.40. The molecule has 1 nitrogen and oxygen atoms in total. The average Bonchev–Trinajstić information content (AvgIpc) is 2.66. The van der Waals surface area contributed by atoms with E-state index in [1.165, 1.54) is 32.1 Å². The van der Waals surface area contributed by atoms with Crippen LogP contribution >= 0.6 is 0 Å². The van der Waals surface area contributed by atoms with Gasteiger partial charge in [-0.3, -0.25) is 4.79 Å². The van der Waals surface area contributed by atoms with Crippen molar-refractivity contribution >= 4 is 5.78 Å². The van der Waals surface area contributed by atoms with E-state index in [2.05, 4.69) is 12.2 Å². The summed E-state index contributed by atoms with van der Waals surface area (Å²) in [6, 6.07) is 0. The maximum Gasteiger partial charge on any atom is 0.136 e. The maximum atomic E-state index is 11.9. The minimum absolute atomic E-state index is 0.438. The zero-order valence-corrected chi connectivity index (χ0v) is 8.61. The molecule has 0 unspecified atom stereocenters. The number of Topliss-reactive ketones (excluding diaryl/α,β-unsaturated/α-hetero) is 1. The highest BCUT2D eigenvalue weighted by molar-refractivity contribution is 5.82. The molecule has 2 fully saturated rings. The van der Waals surface area contributed by atoms with E-state index < -0.39 is 0 Å². The molecule has 0 aromatic rings. The van der Waals surface area contributed by atoms with Crippen molar-refractivity contribution in [3.63, 3.8) is 0 Å². The summed E-state index contributed by atoms with van der Waals surface area (Å²) < 4.78 is 0. The van der Waals surface area contributed by atoms with Crippen molar-refractivity contribution < 1.29 is 4.79 Å². The number of hydrogen-bond donors (Lipinski definition) is 0. The van der Waals surface area contributed by atoms with Crippen molar-refractivity contribution in [3.8, 4) is 0 Å². The third-order valence-electron chi connectivity index (χ3n) is 4.53. The number of fused-ring (bicyclic) bond motifs is 3. The highest BCUT2D eigenvalue weighted by Crippen LogP contribution is 2.48.